The highest BCUT2D eigenvalue weighted by molar-refractivity contribution is 6.32. The smallest absolute Gasteiger partial charge is 0.238 e. The molecule has 0 aliphatic rings. The van der Waals surface area contributed by atoms with E-state index in [0.29, 0.717) is 25.4 Å². The second-order valence-corrected chi connectivity index (χ2v) is 4.24. The molecule has 0 aromatic carbocycles. The van der Waals surface area contributed by atoms with Crippen molar-refractivity contribution in [3.05, 3.63) is 23.5 Å². The summed E-state index contributed by atoms with van der Waals surface area (Å²) >= 11 is 5.85. The largest absolute Gasteiger partial charge is 0.395 e. The Bertz CT molecular complexity index is 404. The van der Waals surface area contributed by atoms with Crippen LogP contribution in [0.4, 0.5) is 5.69 Å². The second kappa shape index (κ2) is 8.82. The Hall–Kier alpha value is -1.21. The highest BCUT2D eigenvalue weighted by atomic mass is 35.5. The first-order chi connectivity index (χ1) is 9.17. The zero-order valence-electron chi connectivity index (χ0n) is 10.8. The molecule has 2 N–H and O–H groups in total. The molecule has 0 bridgehead atoms. The maximum absolute atomic E-state index is 11.9. The number of hydrogen-bond donors (Lipinski definition) is 2. The predicted octanol–water partition coefficient (Wildman–Crippen LogP) is 0.614. The normalized spacial score (nSPS) is 10.7. The molecular formula is C12H18ClN3O3. The van der Waals surface area contributed by atoms with E-state index in [2.05, 4.69) is 10.3 Å². The third-order valence-electron chi connectivity index (χ3n) is 2.43. The van der Waals surface area contributed by atoms with Crippen LogP contribution in [0.5, 0.6) is 0 Å². The van der Waals surface area contributed by atoms with Crippen LogP contribution < -0.4 is 5.32 Å². The number of carbonyl (C=O) groups is 1. The monoisotopic (exact) mass is 287 g/mol. The van der Waals surface area contributed by atoms with Gasteiger partial charge in [0.1, 0.15) is 0 Å². The lowest BCUT2D eigenvalue weighted by molar-refractivity contribution is -0.117. The summed E-state index contributed by atoms with van der Waals surface area (Å²) in [6, 6.07) is 3.37. The highest BCUT2D eigenvalue weighted by Gasteiger charge is 2.11. The average molecular weight is 288 g/mol. The van der Waals surface area contributed by atoms with Gasteiger partial charge in [-0.2, -0.15) is 0 Å². The SMILES string of the molecule is COCCN(CCO)CC(=O)Nc1cccnc1Cl. The van der Waals surface area contributed by atoms with E-state index < -0.39 is 0 Å². The third-order valence-corrected chi connectivity index (χ3v) is 2.73. The molecule has 0 atom stereocenters. The van der Waals surface area contributed by atoms with Gasteiger partial charge in [-0.05, 0) is 12.1 Å². The number of anilines is 1. The van der Waals surface area contributed by atoms with Crippen molar-refractivity contribution in [1.82, 2.24) is 9.88 Å². The van der Waals surface area contributed by atoms with Crippen molar-refractivity contribution in [1.29, 1.82) is 0 Å². The maximum atomic E-state index is 11.9. The number of rotatable bonds is 8. The van der Waals surface area contributed by atoms with E-state index in [9.17, 15) is 4.79 Å². The third kappa shape index (κ3) is 5.98. The van der Waals surface area contributed by atoms with E-state index >= 15 is 0 Å². The van der Waals surface area contributed by atoms with Crippen molar-refractivity contribution in [3.63, 3.8) is 0 Å². The van der Waals surface area contributed by atoms with Gasteiger partial charge in [-0.1, -0.05) is 11.6 Å². The summed E-state index contributed by atoms with van der Waals surface area (Å²) in [5.74, 6) is -0.209. The van der Waals surface area contributed by atoms with E-state index in [4.69, 9.17) is 21.4 Å². The topological polar surface area (TPSA) is 74.7 Å². The van der Waals surface area contributed by atoms with E-state index in [-0.39, 0.29) is 24.2 Å². The summed E-state index contributed by atoms with van der Waals surface area (Å²) in [6.45, 7) is 1.64. The van der Waals surface area contributed by atoms with Crippen LogP contribution in [0.1, 0.15) is 0 Å². The molecule has 0 radical (unpaired) electrons. The minimum atomic E-state index is -0.209. The van der Waals surface area contributed by atoms with Crippen LogP contribution in [-0.4, -0.2) is 60.9 Å². The Balaban J connectivity index is 2.50. The molecule has 1 aromatic rings. The van der Waals surface area contributed by atoms with Crippen LogP contribution >= 0.6 is 11.6 Å². The van der Waals surface area contributed by atoms with Crippen LogP contribution in [0.15, 0.2) is 18.3 Å². The van der Waals surface area contributed by atoms with E-state index in [1.807, 2.05) is 0 Å². The Morgan fingerprint density at radius 3 is 3.00 bits per heavy atom. The first-order valence-electron chi connectivity index (χ1n) is 5.90. The summed E-state index contributed by atoms with van der Waals surface area (Å²) in [5, 5.41) is 11.9. The number of pyridine rings is 1. The molecule has 0 unspecified atom stereocenters. The molecule has 106 valence electrons. The Morgan fingerprint density at radius 2 is 2.37 bits per heavy atom. The second-order valence-electron chi connectivity index (χ2n) is 3.88. The Kier molecular flexibility index (Phi) is 7.35. The van der Waals surface area contributed by atoms with Crippen LogP contribution in [0.2, 0.25) is 5.15 Å². The molecule has 0 saturated heterocycles. The Labute approximate surface area is 117 Å². The highest BCUT2D eigenvalue weighted by Crippen LogP contribution is 2.17. The molecule has 19 heavy (non-hydrogen) atoms. The number of halogens is 1. The minimum Gasteiger partial charge on any atom is -0.395 e. The summed E-state index contributed by atoms with van der Waals surface area (Å²) in [7, 11) is 1.59. The number of nitrogens with one attached hydrogen (secondary N) is 1. The number of amides is 1. The molecule has 7 heteroatoms. The fraction of sp³-hybridized carbons (Fsp3) is 0.500. The molecule has 6 nitrogen and oxygen atoms in total. The van der Waals surface area contributed by atoms with Gasteiger partial charge in [0.05, 0.1) is 25.4 Å². The molecule has 1 aromatic heterocycles. The zero-order valence-corrected chi connectivity index (χ0v) is 11.6. The molecule has 1 heterocycles. The van der Waals surface area contributed by atoms with Crippen LogP contribution in [0.25, 0.3) is 0 Å². The number of nitrogens with zero attached hydrogens (tertiary/aromatic N) is 2. The Morgan fingerprint density at radius 1 is 1.58 bits per heavy atom. The first kappa shape index (κ1) is 15.8. The lowest BCUT2D eigenvalue weighted by Crippen LogP contribution is -2.37. The minimum absolute atomic E-state index is 0.00928. The number of aromatic nitrogens is 1. The fourth-order valence-corrected chi connectivity index (χ4v) is 1.67. The van der Waals surface area contributed by atoms with Gasteiger partial charge in [-0.3, -0.25) is 9.69 Å². The molecule has 1 rings (SSSR count). The van der Waals surface area contributed by atoms with Crippen LogP contribution in [-0.2, 0) is 9.53 Å². The summed E-state index contributed by atoms with van der Waals surface area (Å²) in [4.78, 5) is 17.5. The average Bonchev–Trinajstić information content (AvgIpc) is 2.39. The summed E-state index contributed by atoms with van der Waals surface area (Å²) < 4.78 is 4.95. The standard InChI is InChI=1S/C12H18ClN3O3/c1-19-8-6-16(5-7-17)9-11(18)15-10-3-2-4-14-12(10)13/h2-4,17H,5-9H2,1H3,(H,15,18). The fourth-order valence-electron chi connectivity index (χ4n) is 1.50. The van der Waals surface area contributed by atoms with Crippen LogP contribution in [0, 0.1) is 0 Å². The van der Waals surface area contributed by atoms with Gasteiger partial charge in [-0.15, -0.1) is 0 Å². The van der Waals surface area contributed by atoms with Crippen molar-refractivity contribution in [2.24, 2.45) is 0 Å². The van der Waals surface area contributed by atoms with E-state index in [1.54, 1.807) is 30.3 Å². The number of carbonyl (C=O) groups excluding carboxylic acids is 1. The molecule has 0 fully saturated rings. The van der Waals surface area contributed by atoms with Gasteiger partial charge < -0.3 is 15.2 Å². The van der Waals surface area contributed by atoms with Gasteiger partial charge in [0.15, 0.2) is 5.15 Å². The first-order valence-corrected chi connectivity index (χ1v) is 6.27. The number of aliphatic hydroxyl groups is 1. The molecule has 0 aliphatic heterocycles. The number of ether oxygens (including phenoxy) is 1. The molecule has 1 amide bonds. The lowest BCUT2D eigenvalue weighted by Gasteiger charge is -2.20. The molecule has 0 spiro atoms. The van der Waals surface area contributed by atoms with Gasteiger partial charge in [-0.25, -0.2) is 4.98 Å². The summed E-state index contributed by atoms with van der Waals surface area (Å²) in [6.07, 6.45) is 1.55. The zero-order chi connectivity index (χ0) is 14.1. The summed E-state index contributed by atoms with van der Waals surface area (Å²) in [5.41, 5.74) is 0.477. The molecule has 0 aliphatic carbocycles. The number of aliphatic hydroxyl groups excluding tert-OH is 1. The lowest BCUT2D eigenvalue weighted by atomic mass is 10.4. The van der Waals surface area contributed by atoms with Crippen molar-refractivity contribution in [2.45, 2.75) is 0 Å². The van der Waals surface area contributed by atoms with Crippen molar-refractivity contribution < 1.29 is 14.6 Å². The quantitative estimate of drug-likeness (QED) is 0.686. The van der Waals surface area contributed by atoms with Gasteiger partial charge in [0.25, 0.3) is 0 Å². The van der Waals surface area contributed by atoms with Gasteiger partial charge >= 0.3 is 0 Å². The number of hydrogen-bond acceptors (Lipinski definition) is 5. The predicted molar refractivity (Wildman–Crippen MR) is 73.3 cm³/mol. The van der Waals surface area contributed by atoms with Gasteiger partial charge in [0, 0.05) is 26.4 Å². The van der Waals surface area contributed by atoms with Crippen molar-refractivity contribution in [2.75, 3.05) is 45.3 Å². The van der Waals surface area contributed by atoms with E-state index in [0.717, 1.165) is 0 Å². The van der Waals surface area contributed by atoms with Crippen molar-refractivity contribution >= 4 is 23.2 Å². The number of methoxy groups -OCH3 is 1. The van der Waals surface area contributed by atoms with Crippen LogP contribution in [0.3, 0.4) is 0 Å². The maximum Gasteiger partial charge on any atom is 0.238 e. The molecule has 0 saturated carbocycles. The van der Waals surface area contributed by atoms with E-state index in [1.165, 1.54) is 0 Å². The van der Waals surface area contributed by atoms with Crippen molar-refractivity contribution in [3.8, 4) is 0 Å². The van der Waals surface area contributed by atoms with Gasteiger partial charge in [0.2, 0.25) is 5.91 Å². The molecular weight excluding hydrogens is 270 g/mol.